The van der Waals surface area contributed by atoms with Gasteiger partial charge in [-0.2, -0.15) is 0 Å². The normalized spacial score (nSPS) is 10.8. The molecule has 0 spiro atoms. The van der Waals surface area contributed by atoms with Gasteiger partial charge in [0.15, 0.2) is 0 Å². The molecular formula is C22H32N2O2. The summed E-state index contributed by atoms with van der Waals surface area (Å²) in [5, 5.41) is 6.85. The second-order valence-corrected chi connectivity index (χ2v) is 7.32. The maximum Gasteiger partial charge on any atom is 0.121 e. The lowest BCUT2D eigenvalue weighted by atomic mass is 10.2. The van der Waals surface area contributed by atoms with E-state index in [0.717, 1.165) is 49.2 Å². The highest BCUT2D eigenvalue weighted by Crippen LogP contribution is 2.19. The molecule has 142 valence electrons. The molecule has 0 heterocycles. The van der Waals surface area contributed by atoms with Crippen LogP contribution >= 0.6 is 0 Å². The number of anilines is 2. The average molecular weight is 357 g/mol. The first-order valence-corrected chi connectivity index (χ1v) is 9.46. The Morgan fingerprint density at radius 2 is 1.12 bits per heavy atom. The Hall–Kier alpha value is -2.36. The zero-order chi connectivity index (χ0) is 18.8. The van der Waals surface area contributed by atoms with Gasteiger partial charge in [0.2, 0.25) is 0 Å². The van der Waals surface area contributed by atoms with Gasteiger partial charge in [-0.15, -0.1) is 0 Å². The van der Waals surface area contributed by atoms with Gasteiger partial charge in [0.1, 0.15) is 11.5 Å². The average Bonchev–Trinajstić information content (AvgIpc) is 2.63. The van der Waals surface area contributed by atoms with Crippen LogP contribution in [0.15, 0.2) is 48.5 Å². The van der Waals surface area contributed by atoms with Crippen molar-refractivity contribution in [3.63, 3.8) is 0 Å². The van der Waals surface area contributed by atoms with Crippen molar-refractivity contribution in [2.75, 3.05) is 36.9 Å². The first kappa shape index (κ1) is 20.0. The number of nitrogens with one attached hydrogen (secondary N) is 2. The minimum atomic E-state index is 0.524. The quantitative estimate of drug-likeness (QED) is 0.538. The van der Waals surface area contributed by atoms with Gasteiger partial charge in [-0.05, 0) is 36.1 Å². The van der Waals surface area contributed by atoms with Gasteiger partial charge < -0.3 is 20.1 Å². The Balaban J connectivity index is 1.75. The smallest absolute Gasteiger partial charge is 0.121 e. The lowest BCUT2D eigenvalue weighted by Crippen LogP contribution is -2.14. The van der Waals surface area contributed by atoms with E-state index in [0.29, 0.717) is 11.8 Å². The zero-order valence-corrected chi connectivity index (χ0v) is 16.4. The molecule has 0 bridgehead atoms. The molecule has 4 nitrogen and oxygen atoms in total. The summed E-state index contributed by atoms with van der Waals surface area (Å²) in [6, 6.07) is 16.2. The van der Waals surface area contributed by atoms with E-state index in [-0.39, 0.29) is 0 Å². The standard InChI is InChI=1S/C22H32N2O2/c1-17(2)15-25-21-9-5-7-19(13-21)23-11-12-24-20-8-6-10-22(14-20)26-16-18(3)4/h5-10,13-14,17-18,23-24H,11-12,15-16H2,1-4H3. The van der Waals surface area contributed by atoms with Crippen LogP contribution in [0.3, 0.4) is 0 Å². The number of rotatable bonds is 11. The summed E-state index contributed by atoms with van der Waals surface area (Å²) in [6.07, 6.45) is 0. The molecule has 2 rings (SSSR count). The van der Waals surface area contributed by atoms with Gasteiger partial charge in [0.25, 0.3) is 0 Å². The molecule has 0 aliphatic rings. The Morgan fingerprint density at radius 3 is 1.50 bits per heavy atom. The van der Waals surface area contributed by atoms with Crippen molar-refractivity contribution in [2.24, 2.45) is 11.8 Å². The van der Waals surface area contributed by atoms with Crippen molar-refractivity contribution in [1.82, 2.24) is 0 Å². The van der Waals surface area contributed by atoms with E-state index in [1.54, 1.807) is 0 Å². The van der Waals surface area contributed by atoms with Crippen LogP contribution in [-0.4, -0.2) is 26.3 Å². The third kappa shape index (κ3) is 7.68. The largest absolute Gasteiger partial charge is 0.493 e. The van der Waals surface area contributed by atoms with E-state index in [1.165, 1.54) is 0 Å². The topological polar surface area (TPSA) is 42.5 Å². The van der Waals surface area contributed by atoms with Crippen molar-refractivity contribution < 1.29 is 9.47 Å². The van der Waals surface area contributed by atoms with E-state index in [2.05, 4.69) is 50.5 Å². The van der Waals surface area contributed by atoms with Crippen LogP contribution < -0.4 is 20.1 Å². The molecule has 0 saturated carbocycles. The van der Waals surface area contributed by atoms with Gasteiger partial charge in [-0.25, -0.2) is 0 Å². The monoisotopic (exact) mass is 356 g/mol. The highest BCUT2D eigenvalue weighted by Gasteiger charge is 2.01. The molecule has 0 atom stereocenters. The lowest BCUT2D eigenvalue weighted by Gasteiger charge is -2.13. The van der Waals surface area contributed by atoms with Crippen LogP contribution in [-0.2, 0) is 0 Å². The van der Waals surface area contributed by atoms with Crippen LogP contribution in [0.25, 0.3) is 0 Å². The maximum atomic E-state index is 5.77. The summed E-state index contributed by atoms with van der Waals surface area (Å²) in [6.45, 7) is 11.7. The number of hydrogen-bond acceptors (Lipinski definition) is 4. The minimum absolute atomic E-state index is 0.524. The summed E-state index contributed by atoms with van der Waals surface area (Å²) < 4.78 is 11.5. The molecular weight excluding hydrogens is 324 g/mol. The molecule has 0 unspecified atom stereocenters. The molecule has 2 aromatic rings. The van der Waals surface area contributed by atoms with Gasteiger partial charge >= 0.3 is 0 Å². The first-order chi connectivity index (χ1) is 12.5. The molecule has 0 saturated heterocycles. The van der Waals surface area contributed by atoms with E-state index in [4.69, 9.17) is 9.47 Å². The molecule has 4 heteroatoms. The van der Waals surface area contributed by atoms with Gasteiger partial charge in [0.05, 0.1) is 13.2 Å². The molecule has 2 N–H and O–H groups in total. The Bertz CT molecular complexity index is 599. The molecule has 0 radical (unpaired) electrons. The SMILES string of the molecule is CC(C)COc1cccc(NCCNc2cccc(OCC(C)C)c2)c1. The summed E-state index contributed by atoms with van der Waals surface area (Å²) in [5.41, 5.74) is 2.14. The van der Waals surface area contributed by atoms with Crippen LogP contribution in [0, 0.1) is 11.8 Å². The predicted octanol–water partition coefficient (Wildman–Crippen LogP) is 5.28. The number of hydrogen-bond donors (Lipinski definition) is 2. The summed E-state index contributed by atoms with van der Waals surface area (Å²) in [5.74, 6) is 2.87. The number of ether oxygens (including phenoxy) is 2. The molecule has 0 aromatic heterocycles. The van der Waals surface area contributed by atoms with Crippen molar-refractivity contribution in [3.05, 3.63) is 48.5 Å². The van der Waals surface area contributed by atoms with Gasteiger partial charge in [0, 0.05) is 36.6 Å². The van der Waals surface area contributed by atoms with Gasteiger partial charge in [-0.1, -0.05) is 39.8 Å². The van der Waals surface area contributed by atoms with Crippen LogP contribution in [0.1, 0.15) is 27.7 Å². The molecule has 26 heavy (non-hydrogen) atoms. The molecule has 0 aliphatic carbocycles. The Kier molecular flexibility index (Phi) is 8.13. The van der Waals surface area contributed by atoms with Crippen molar-refractivity contribution in [1.29, 1.82) is 0 Å². The van der Waals surface area contributed by atoms with E-state index in [9.17, 15) is 0 Å². The van der Waals surface area contributed by atoms with Crippen LogP contribution in [0.5, 0.6) is 11.5 Å². The zero-order valence-electron chi connectivity index (χ0n) is 16.4. The second kappa shape index (κ2) is 10.6. The fourth-order valence-electron chi connectivity index (χ4n) is 2.33. The fourth-order valence-corrected chi connectivity index (χ4v) is 2.33. The van der Waals surface area contributed by atoms with E-state index in [1.807, 2.05) is 36.4 Å². The van der Waals surface area contributed by atoms with E-state index >= 15 is 0 Å². The van der Waals surface area contributed by atoms with Crippen molar-refractivity contribution in [3.8, 4) is 11.5 Å². The first-order valence-electron chi connectivity index (χ1n) is 9.46. The molecule has 0 fully saturated rings. The summed E-state index contributed by atoms with van der Waals surface area (Å²) >= 11 is 0. The van der Waals surface area contributed by atoms with Crippen LogP contribution in [0.4, 0.5) is 11.4 Å². The van der Waals surface area contributed by atoms with Gasteiger partial charge in [-0.3, -0.25) is 0 Å². The highest BCUT2D eigenvalue weighted by atomic mass is 16.5. The summed E-state index contributed by atoms with van der Waals surface area (Å²) in [4.78, 5) is 0. The Morgan fingerprint density at radius 1 is 0.692 bits per heavy atom. The fraction of sp³-hybridized carbons (Fsp3) is 0.455. The second-order valence-electron chi connectivity index (χ2n) is 7.32. The summed E-state index contributed by atoms with van der Waals surface area (Å²) in [7, 11) is 0. The molecule has 0 aliphatic heterocycles. The minimum Gasteiger partial charge on any atom is -0.493 e. The maximum absolute atomic E-state index is 5.77. The third-order valence-electron chi connectivity index (χ3n) is 3.62. The molecule has 0 amide bonds. The van der Waals surface area contributed by atoms with E-state index < -0.39 is 0 Å². The van der Waals surface area contributed by atoms with Crippen LogP contribution in [0.2, 0.25) is 0 Å². The predicted molar refractivity (Wildman–Crippen MR) is 111 cm³/mol. The Labute approximate surface area is 157 Å². The molecule has 2 aromatic carbocycles. The number of benzene rings is 2. The lowest BCUT2D eigenvalue weighted by molar-refractivity contribution is 0.271. The third-order valence-corrected chi connectivity index (χ3v) is 3.62. The highest BCUT2D eigenvalue weighted by molar-refractivity contribution is 5.50. The van der Waals surface area contributed by atoms with Crippen molar-refractivity contribution in [2.45, 2.75) is 27.7 Å². The van der Waals surface area contributed by atoms with Crippen molar-refractivity contribution >= 4 is 11.4 Å².